The Morgan fingerprint density at radius 2 is 1.54 bits per heavy atom. The molecule has 0 bridgehead atoms. The number of benzene rings is 2. The zero-order valence-corrected chi connectivity index (χ0v) is 33.1. The molecule has 4 atom stereocenters. The maximum Gasteiger partial charge on any atom is 0.273 e. The molecular weight excluding hydrogens is 710 g/mol. The summed E-state index contributed by atoms with van der Waals surface area (Å²) in [4.78, 5) is 34.1. The molecule has 14 heteroatoms. The van der Waals surface area contributed by atoms with Crippen molar-refractivity contribution in [2.45, 2.75) is 97.5 Å². The first-order valence-corrected chi connectivity index (χ1v) is 19.3. The van der Waals surface area contributed by atoms with Crippen LogP contribution in [0.3, 0.4) is 0 Å². The van der Waals surface area contributed by atoms with Gasteiger partial charge in [0.15, 0.2) is 28.3 Å². The van der Waals surface area contributed by atoms with Crippen LogP contribution in [0.25, 0.3) is 0 Å². The minimum atomic E-state index is -1.29. The number of aliphatic hydroxyl groups excluding tert-OH is 4. The van der Waals surface area contributed by atoms with Crippen LogP contribution < -0.4 is 22.1 Å². The summed E-state index contributed by atoms with van der Waals surface area (Å²) in [6, 6.07) is 15.7. The molecule has 0 aliphatic heterocycles. The van der Waals surface area contributed by atoms with E-state index in [4.69, 9.17) is 28.2 Å². The molecule has 0 aliphatic carbocycles. The number of nitrogens with two attached hydrogens (primary N) is 2. The topological polar surface area (TPSA) is 220 Å². The number of aromatic nitrogens is 2. The number of amides is 1. The molecule has 0 saturated carbocycles. The highest BCUT2D eigenvalue weighted by Gasteiger charge is 2.25. The Labute approximate surface area is 325 Å². The zero-order chi connectivity index (χ0) is 40.0. The number of nitrogens with zero attached hydrogens (tertiary/aromatic N) is 3. The summed E-state index contributed by atoms with van der Waals surface area (Å²) in [5, 5.41) is 44.1. The van der Waals surface area contributed by atoms with Crippen LogP contribution in [-0.2, 0) is 13.0 Å². The third-order valence-electron chi connectivity index (χ3n) is 9.14. The Bertz CT molecular complexity index is 1550. The lowest BCUT2D eigenvalue weighted by Gasteiger charge is -2.28. The van der Waals surface area contributed by atoms with Crippen molar-refractivity contribution in [3.05, 3.63) is 81.6 Å². The van der Waals surface area contributed by atoms with Crippen molar-refractivity contribution in [2.24, 2.45) is 5.92 Å². The number of aliphatic hydroxyl groups is 4. The number of hydrogen-bond donors (Lipinski definition) is 8. The number of anilines is 2. The SMILES string of the molecule is CC(=O)c1ccc(CNC[C@H](CNC(=O)c2nc(Cl)c(N)nc2N)Cc2ccccc2C)cc1.CCCCCCN(CCCC)C[C@H](O)[C@@H](O)[C@H](O)CO. The van der Waals surface area contributed by atoms with Crippen molar-refractivity contribution in [3.8, 4) is 0 Å². The van der Waals surface area contributed by atoms with Crippen LogP contribution in [0.4, 0.5) is 11.6 Å². The number of halogens is 1. The molecule has 13 nitrogen and oxygen atoms in total. The molecule has 0 spiro atoms. The molecule has 2 aromatic carbocycles. The van der Waals surface area contributed by atoms with Gasteiger partial charge in [0.25, 0.3) is 5.91 Å². The molecule has 1 heterocycles. The van der Waals surface area contributed by atoms with Crippen LogP contribution in [0.1, 0.15) is 96.8 Å². The number of carbonyl (C=O) groups excluding carboxylic acids is 2. The number of rotatable bonds is 23. The summed E-state index contributed by atoms with van der Waals surface area (Å²) >= 11 is 5.91. The summed E-state index contributed by atoms with van der Waals surface area (Å²) in [5.41, 5.74) is 15.5. The van der Waals surface area contributed by atoms with Crippen LogP contribution in [0.5, 0.6) is 0 Å². The van der Waals surface area contributed by atoms with Gasteiger partial charge in [0.1, 0.15) is 12.2 Å². The first kappa shape index (κ1) is 46.5. The van der Waals surface area contributed by atoms with E-state index < -0.39 is 30.8 Å². The van der Waals surface area contributed by atoms with Gasteiger partial charge in [0.05, 0.1) is 12.7 Å². The van der Waals surface area contributed by atoms with Gasteiger partial charge in [-0.25, -0.2) is 9.97 Å². The van der Waals surface area contributed by atoms with E-state index in [1.807, 2.05) is 36.4 Å². The summed E-state index contributed by atoms with van der Waals surface area (Å²) < 4.78 is 0. The lowest BCUT2D eigenvalue weighted by Crippen LogP contribution is -2.46. The lowest BCUT2D eigenvalue weighted by atomic mass is 9.95. The zero-order valence-electron chi connectivity index (χ0n) is 32.3. The van der Waals surface area contributed by atoms with E-state index in [1.165, 1.54) is 30.4 Å². The van der Waals surface area contributed by atoms with E-state index in [2.05, 4.69) is 58.4 Å². The fourth-order valence-corrected chi connectivity index (χ4v) is 5.88. The Balaban J connectivity index is 0.000000432. The largest absolute Gasteiger partial charge is 0.394 e. The predicted molar refractivity (Wildman–Crippen MR) is 215 cm³/mol. The number of nitrogens with one attached hydrogen (secondary N) is 2. The molecule has 300 valence electrons. The van der Waals surface area contributed by atoms with Crippen molar-refractivity contribution < 1.29 is 30.0 Å². The van der Waals surface area contributed by atoms with Crippen LogP contribution in [0, 0.1) is 12.8 Å². The van der Waals surface area contributed by atoms with E-state index in [0.29, 0.717) is 31.7 Å². The summed E-state index contributed by atoms with van der Waals surface area (Å²) in [6.45, 7) is 11.2. The number of Topliss-reactive ketones (excluding diaryl/α,β-unsaturated/α-hetero) is 1. The van der Waals surface area contributed by atoms with Gasteiger partial charge in [-0.1, -0.05) is 99.7 Å². The average Bonchev–Trinajstić information content (AvgIpc) is 3.16. The highest BCUT2D eigenvalue weighted by molar-refractivity contribution is 6.31. The van der Waals surface area contributed by atoms with Gasteiger partial charge in [0, 0.05) is 31.7 Å². The molecule has 10 N–H and O–H groups in total. The Hall–Kier alpha value is -3.69. The second-order valence-electron chi connectivity index (χ2n) is 13.7. The molecular formula is C40H62ClN7O6. The summed E-state index contributed by atoms with van der Waals surface area (Å²) in [5.74, 6) is -0.404. The Morgan fingerprint density at radius 1 is 0.870 bits per heavy atom. The second-order valence-corrected chi connectivity index (χ2v) is 14.1. The molecule has 0 aliphatic rings. The Morgan fingerprint density at radius 3 is 2.17 bits per heavy atom. The minimum Gasteiger partial charge on any atom is -0.394 e. The standard InChI is InChI=1S/C25H29ClN6O2.C15H33NO4/c1-15-5-3-4-6-20(15)11-18(13-29-12-17-7-9-19(10-8-17)16(2)33)14-30-25(34)21-23(27)32-24(28)22(26)31-21;1-3-5-7-8-10-16(9-6-4-2)11-13(18)15(20)14(19)12-17/h3-10,18,29H,11-14H2,1-2H3,(H,30,34)(H4,27,28,32);13-15,17-20H,3-12H2,1-2H3/t18-;13-,14+,15+/m10/s1. The van der Waals surface area contributed by atoms with E-state index in [-0.39, 0.29) is 34.2 Å². The molecule has 1 aromatic heterocycles. The Kier molecular flexibility index (Phi) is 21.9. The molecule has 3 rings (SSSR count). The number of unbranched alkanes of at least 4 members (excludes halogenated alkanes) is 4. The smallest absolute Gasteiger partial charge is 0.273 e. The average molecular weight is 772 g/mol. The van der Waals surface area contributed by atoms with Crippen LogP contribution in [-0.4, -0.2) is 105 Å². The summed E-state index contributed by atoms with van der Waals surface area (Å²) in [7, 11) is 0. The van der Waals surface area contributed by atoms with Crippen molar-refractivity contribution >= 4 is 34.9 Å². The van der Waals surface area contributed by atoms with Crippen molar-refractivity contribution in [2.75, 3.05) is 50.8 Å². The maximum absolute atomic E-state index is 12.7. The van der Waals surface area contributed by atoms with Gasteiger partial charge >= 0.3 is 0 Å². The normalized spacial score (nSPS) is 13.4. The number of hydrogen-bond acceptors (Lipinski definition) is 12. The maximum atomic E-state index is 12.7. The van der Waals surface area contributed by atoms with Gasteiger partial charge < -0.3 is 47.4 Å². The molecule has 0 unspecified atom stereocenters. The summed E-state index contributed by atoms with van der Waals surface area (Å²) in [6.07, 6.45) is 3.99. The quantitative estimate of drug-likeness (QED) is 0.0508. The van der Waals surface area contributed by atoms with Gasteiger partial charge in [0.2, 0.25) is 0 Å². The molecule has 0 radical (unpaired) electrons. The van der Waals surface area contributed by atoms with Gasteiger partial charge in [-0.2, -0.15) is 0 Å². The third-order valence-corrected chi connectivity index (χ3v) is 9.42. The van der Waals surface area contributed by atoms with E-state index in [9.17, 15) is 24.9 Å². The number of aryl methyl sites for hydroxylation is 1. The van der Waals surface area contributed by atoms with Crippen LogP contribution in [0.15, 0.2) is 48.5 Å². The minimum absolute atomic E-state index is 0.0197. The van der Waals surface area contributed by atoms with Crippen molar-refractivity contribution in [3.63, 3.8) is 0 Å². The van der Waals surface area contributed by atoms with Crippen molar-refractivity contribution in [1.82, 2.24) is 25.5 Å². The third kappa shape index (κ3) is 16.8. The first-order chi connectivity index (χ1) is 25.8. The predicted octanol–water partition coefficient (Wildman–Crippen LogP) is 3.93. The van der Waals surface area contributed by atoms with E-state index >= 15 is 0 Å². The molecule has 1 amide bonds. The monoisotopic (exact) mass is 771 g/mol. The first-order valence-electron chi connectivity index (χ1n) is 18.9. The second kappa shape index (κ2) is 25.4. The van der Waals surface area contributed by atoms with Crippen molar-refractivity contribution in [1.29, 1.82) is 0 Å². The highest BCUT2D eigenvalue weighted by atomic mass is 35.5. The van der Waals surface area contributed by atoms with E-state index in [1.54, 1.807) is 6.92 Å². The number of carbonyl (C=O) groups is 2. The van der Waals surface area contributed by atoms with Crippen LogP contribution >= 0.6 is 11.6 Å². The molecule has 3 aromatic rings. The molecule has 0 fully saturated rings. The number of ketones is 1. The molecule has 54 heavy (non-hydrogen) atoms. The number of nitrogen functional groups attached to an aromatic ring is 2. The van der Waals surface area contributed by atoms with E-state index in [0.717, 1.165) is 44.3 Å². The lowest BCUT2D eigenvalue weighted by molar-refractivity contribution is -0.0842. The highest BCUT2D eigenvalue weighted by Crippen LogP contribution is 2.18. The van der Waals surface area contributed by atoms with Gasteiger partial charge in [-0.05, 0) is 68.8 Å². The van der Waals surface area contributed by atoms with Gasteiger partial charge in [-0.3, -0.25) is 9.59 Å². The fourth-order valence-electron chi connectivity index (χ4n) is 5.75. The van der Waals surface area contributed by atoms with Gasteiger partial charge in [-0.15, -0.1) is 0 Å². The molecule has 0 saturated heterocycles. The fraction of sp³-hybridized carbons (Fsp3) is 0.550. The van der Waals surface area contributed by atoms with Crippen LogP contribution in [0.2, 0.25) is 5.15 Å².